The Bertz CT molecular complexity index is 138. The van der Waals surface area contributed by atoms with Crippen LogP contribution in [0.2, 0.25) is 0 Å². The first kappa shape index (κ1) is 7.80. The van der Waals surface area contributed by atoms with Gasteiger partial charge in [0.05, 0.1) is 5.60 Å². The van der Waals surface area contributed by atoms with Crippen LogP contribution >= 0.6 is 0 Å². The van der Waals surface area contributed by atoms with E-state index in [1.807, 2.05) is 0 Å². The fourth-order valence-electron chi connectivity index (χ4n) is 1.36. The lowest BCUT2D eigenvalue weighted by Gasteiger charge is -2.33. The summed E-state index contributed by atoms with van der Waals surface area (Å²) in [5.74, 6) is 0.387. The fraction of sp³-hybridized carbons (Fsp3) is 0.778. The largest absolute Gasteiger partial charge is 0.389 e. The Morgan fingerprint density at radius 3 is 2.40 bits per heavy atom. The fourth-order valence-corrected chi connectivity index (χ4v) is 1.36. The molecule has 0 heterocycles. The van der Waals surface area contributed by atoms with E-state index in [1.54, 1.807) is 0 Å². The zero-order chi connectivity index (χ0) is 7.61. The Labute approximate surface area is 62.8 Å². The summed E-state index contributed by atoms with van der Waals surface area (Å²) in [6.45, 7) is 4.16. The van der Waals surface area contributed by atoms with Crippen molar-refractivity contribution in [3.63, 3.8) is 0 Å². The molecule has 0 aromatic rings. The molecule has 0 amide bonds. The van der Waals surface area contributed by atoms with E-state index in [-0.39, 0.29) is 0 Å². The average Bonchev–Trinajstić information content (AvgIpc) is 1.89. The maximum Gasteiger partial charge on any atom is 0.0707 e. The van der Waals surface area contributed by atoms with Gasteiger partial charge in [-0.1, -0.05) is 26.0 Å². The number of aliphatic hydroxyl groups is 1. The molecule has 0 spiro atoms. The van der Waals surface area contributed by atoms with Crippen molar-refractivity contribution in [2.24, 2.45) is 5.92 Å². The molecule has 0 aromatic carbocycles. The van der Waals surface area contributed by atoms with Gasteiger partial charge in [-0.25, -0.2) is 0 Å². The third-order valence-electron chi connectivity index (χ3n) is 2.46. The molecule has 0 aliphatic heterocycles. The van der Waals surface area contributed by atoms with Crippen molar-refractivity contribution < 1.29 is 5.11 Å². The number of allylic oxidation sites excluding steroid dienone is 1. The zero-order valence-electron chi connectivity index (χ0n) is 6.80. The molecule has 10 heavy (non-hydrogen) atoms. The number of hydrogen-bond donors (Lipinski definition) is 1. The maximum atomic E-state index is 9.90. The molecule has 0 bridgehead atoms. The Balaban J connectivity index is 2.59. The first-order valence-electron chi connectivity index (χ1n) is 4.02. The van der Waals surface area contributed by atoms with Crippen LogP contribution in [0.25, 0.3) is 0 Å². The van der Waals surface area contributed by atoms with Crippen LogP contribution in [0, 0.1) is 5.92 Å². The highest BCUT2D eigenvalue weighted by molar-refractivity contribution is 4.99. The topological polar surface area (TPSA) is 20.2 Å². The highest BCUT2D eigenvalue weighted by Gasteiger charge is 2.29. The second kappa shape index (κ2) is 2.75. The predicted octanol–water partition coefficient (Wildman–Crippen LogP) is 2.11. The lowest BCUT2D eigenvalue weighted by Crippen LogP contribution is -2.35. The molecule has 0 unspecified atom stereocenters. The second-order valence-corrected chi connectivity index (χ2v) is 3.47. The highest BCUT2D eigenvalue weighted by atomic mass is 16.3. The molecule has 1 heteroatoms. The summed E-state index contributed by atoms with van der Waals surface area (Å²) < 4.78 is 0. The first-order chi connectivity index (χ1) is 4.65. The van der Waals surface area contributed by atoms with Crippen molar-refractivity contribution >= 4 is 0 Å². The highest BCUT2D eigenvalue weighted by Crippen LogP contribution is 2.30. The first-order valence-corrected chi connectivity index (χ1v) is 4.02. The molecule has 1 aliphatic rings. The van der Waals surface area contributed by atoms with E-state index in [9.17, 15) is 5.11 Å². The van der Waals surface area contributed by atoms with Gasteiger partial charge < -0.3 is 5.11 Å². The van der Waals surface area contributed by atoms with E-state index in [4.69, 9.17) is 0 Å². The standard InChI is InChI=1S/C9H16O/c1-8(2)9(10)6-4-3-5-7-9/h3-4,8,10H,5-7H2,1-2H3/t9-/m0/s1. The molecular formula is C9H16O. The van der Waals surface area contributed by atoms with E-state index in [0.29, 0.717) is 5.92 Å². The molecule has 58 valence electrons. The monoisotopic (exact) mass is 140 g/mol. The van der Waals surface area contributed by atoms with Gasteiger partial charge in [0.15, 0.2) is 0 Å². The van der Waals surface area contributed by atoms with E-state index in [0.717, 1.165) is 19.3 Å². The quantitative estimate of drug-likeness (QED) is 0.553. The van der Waals surface area contributed by atoms with Gasteiger partial charge in [0, 0.05) is 0 Å². The third-order valence-corrected chi connectivity index (χ3v) is 2.46. The summed E-state index contributed by atoms with van der Waals surface area (Å²) in [4.78, 5) is 0. The summed E-state index contributed by atoms with van der Waals surface area (Å²) in [5.41, 5.74) is -0.408. The lowest BCUT2D eigenvalue weighted by atomic mass is 9.80. The SMILES string of the molecule is CC(C)[C@]1(O)CC=CCC1. The predicted molar refractivity (Wildman–Crippen MR) is 42.8 cm³/mol. The minimum atomic E-state index is -0.408. The van der Waals surface area contributed by atoms with Crippen LogP contribution in [0.15, 0.2) is 12.2 Å². The molecule has 1 atom stereocenters. The summed E-state index contributed by atoms with van der Waals surface area (Å²) in [6.07, 6.45) is 7.04. The molecule has 1 aliphatic carbocycles. The summed E-state index contributed by atoms with van der Waals surface area (Å²) in [7, 11) is 0. The normalized spacial score (nSPS) is 33.2. The van der Waals surface area contributed by atoms with Crippen molar-refractivity contribution in [1.29, 1.82) is 0 Å². The molecule has 0 fully saturated rings. The molecule has 0 aromatic heterocycles. The maximum absolute atomic E-state index is 9.90. The van der Waals surface area contributed by atoms with Crippen LogP contribution in [-0.2, 0) is 0 Å². The Morgan fingerprint density at radius 1 is 1.40 bits per heavy atom. The average molecular weight is 140 g/mol. The molecule has 0 saturated carbocycles. The van der Waals surface area contributed by atoms with Crippen LogP contribution < -0.4 is 0 Å². The van der Waals surface area contributed by atoms with Gasteiger partial charge >= 0.3 is 0 Å². The smallest absolute Gasteiger partial charge is 0.0707 e. The van der Waals surface area contributed by atoms with Gasteiger partial charge in [0.25, 0.3) is 0 Å². The van der Waals surface area contributed by atoms with Gasteiger partial charge in [-0.15, -0.1) is 0 Å². The molecule has 0 saturated heterocycles. The van der Waals surface area contributed by atoms with E-state index < -0.39 is 5.60 Å². The third kappa shape index (κ3) is 1.40. The molecule has 0 radical (unpaired) electrons. The van der Waals surface area contributed by atoms with Gasteiger partial charge in [-0.2, -0.15) is 0 Å². The van der Waals surface area contributed by atoms with Crippen LogP contribution in [0.4, 0.5) is 0 Å². The van der Waals surface area contributed by atoms with Crippen LogP contribution in [0.3, 0.4) is 0 Å². The van der Waals surface area contributed by atoms with E-state index in [2.05, 4.69) is 26.0 Å². The minimum absolute atomic E-state index is 0.387. The van der Waals surface area contributed by atoms with Crippen molar-refractivity contribution in [1.82, 2.24) is 0 Å². The van der Waals surface area contributed by atoms with Gasteiger partial charge in [-0.3, -0.25) is 0 Å². The van der Waals surface area contributed by atoms with Gasteiger partial charge in [0.1, 0.15) is 0 Å². The van der Waals surface area contributed by atoms with Crippen LogP contribution in [0.1, 0.15) is 33.1 Å². The van der Waals surface area contributed by atoms with Gasteiger partial charge in [0.2, 0.25) is 0 Å². The Hall–Kier alpha value is -0.300. The minimum Gasteiger partial charge on any atom is -0.389 e. The zero-order valence-corrected chi connectivity index (χ0v) is 6.80. The van der Waals surface area contributed by atoms with Gasteiger partial charge in [-0.05, 0) is 25.2 Å². The van der Waals surface area contributed by atoms with E-state index >= 15 is 0 Å². The van der Waals surface area contributed by atoms with Crippen molar-refractivity contribution in [3.8, 4) is 0 Å². The second-order valence-electron chi connectivity index (χ2n) is 3.47. The van der Waals surface area contributed by atoms with Crippen LogP contribution in [0.5, 0.6) is 0 Å². The summed E-state index contributed by atoms with van der Waals surface area (Å²) in [6, 6.07) is 0. The van der Waals surface area contributed by atoms with Crippen molar-refractivity contribution in [3.05, 3.63) is 12.2 Å². The molecule has 1 nitrogen and oxygen atoms in total. The Morgan fingerprint density at radius 2 is 2.10 bits per heavy atom. The molecule has 1 rings (SSSR count). The van der Waals surface area contributed by atoms with Crippen LogP contribution in [-0.4, -0.2) is 10.7 Å². The van der Waals surface area contributed by atoms with E-state index in [1.165, 1.54) is 0 Å². The number of hydrogen-bond acceptors (Lipinski definition) is 1. The number of rotatable bonds is 1. The van der Waals surface area contributed by atoms with Crippen molar-refractivity contribution in [2.75, 3.05) is 0 Å². The molecular weight excluding hydrogens is 124 g/mol. The lowest BCUT2D eigenvalue weighted by molar-refractivity contribution is -0.0128. The van der Waals surface area contributed by atoms with Crippen molar-refractivity contribution in [2.45, 2.75) is 38.7 Å². The molecule has 1 N–H and O–H groups in total. The summed E-state index contributed by atoms with van der Waals surface area (Å²) >= 11 is 0. The Kier molecular flexibility index (Phi) is 2.14. The summed E-state index contributed by atoms with van der Waals surface area (Å²) in [5, 5.41) is 9.90.